The molecule has 0 saturated heterocycles. The Morgan fingerprint density at radius 1 is 1.29 bits per heavy atom. The summed E-state index contributed by atoms with van der Waals surface area (Å²) in [7, 11) is 1.31. The lowest BCUT2D eigenvalue weighted by molar-refractivity contribution is -0.148. The van der Waals surface area contributed by atoms with E-state index in [9.17, 15) is 9.59 Å². The molecule has 3 aromatic rings. The fraction of sp³-hybridized carbons (Fsp3) is 0.333. The van der Waals surface area contributed by atoms with Crippen LogP contribution in [-0.2, 0) is 16.0 Å². The largest absolute Gasteiger partial charge is 0.490 e. The van der Waals surface area contributed by atoms with Crippen LogP contribution in [0.4, 0.5) is 0 Å². The fourth-order valence-electron chi connectivity index (χ4n) is 3.25. The highest BCUT2D eigenvalue weighted by molar-refractivity contribution is 14.1. The topological polar surface area (TPSA) is 92.0 Å². The van der Waals surface area contributed by atoms with Crippen LogP contribution >= 0.6 is 38.5 Å². The van der Waals surface area contributed by atoms with Crippen molar-refractivity contribution >= 4 is 61.6 Å². The van der Waals surface area contributed by atoms with Gasteiger partial charge in [0.1, 0.15) is 5.82 Å². The predicted molar refractivity (Wildman–Crippen MR) is 143 cm³/mol. The number of carbonyl (C=O) groups is 1. The molecule has 0 spiro atoms. The van der Waals surface area contributed by atoms with Gasteiger partial charge >= 0.3 is 5.97 Å². The lowest BCUT2D eigenvalue weighted by Crippen LogP contribution is -2.25. The zero-order chi connectivity index (χ0) is 24.8. The van der Waals surface area contributed by atoms with Crippen molar-refractivity contribution in [1.29, 1.82) is 0 Å². The van der Waals surface area contributed by atoms with Gasteiger partial charge in [-0.25, -0.2) is 9.78 Å². The van der Waals surface area contributed by atoms with Crippen LogP contribution in [0.3, 0.4) is 0 Å². The van der Waals surface area contributed by atoms with E-state index in [1.165, 1.54) is 11.8 Å². The molecule has 0 aliphatic carbocycles. The van der Waals surface area contributed by atoms with E-state index in [4.69, 9.17) is 14.2 Å². The number of benzene rings is 2. The van der Waals surface area contributed by atoms with Crippen molar-refractivity contribution in [3.8, 4) is 11.5 Å². The van der Waals surface area contributed by atoms with E-state index in [0.717, 1.165) is 14.5 Å². The number of ether oxygens (including phenoxy) is 3. The Morgan fingerprint density at radius 3 is 2.74 bits per heavy atom. The average molecular weight is 642 g/mol. The maximum atomic E-state index is 13.2. The van der Waals surface area contributed by atoms with Gasteiger partial charge in [0.15, 0.2) is 17.6 Å². The molecular weight excluding hydrogens is 617 g/mol. The molecule has 0 aliphatic heterocycles. The molecule has 1 atom stereocenters. The van der Waals surface area contributed by atoms with Crippen LogP contribution in [0.15, 0.2) is 44.7 Å². The maximum Gasteiger partial charge on any atom is 0.346 e. The molecule has 8 nitrogen and oxygen atoms in total. The Bertz CT molecular complexity index is 1290. The van der Waals surface area contributed by atoms with E-state index in [1.807, 2.05) is 32.0 Å². The van der Waals surface area contributed by atoms with Gasteiger partial charge in [0.05, 0.1) is 34.4 Å². The molecule has 0 aliphatic rings. The Kier molecular flexibility index (Phi) is 9.06. The van der Waals surface area contributed by atoms with Gasteiger partial charge < -0.3 is 14.2 Å². The summed E-state index contributed by atoms with van der Waals surface area (Å²) in [5.74, 6) is 1.01. The smallest absolute Gasteiger partial charge is 0.346 e. The molecule has 0 amide bonds. The SMILES string of the molecule is CCCc1nc2ccc(Br)cc2c(=O)n1N=Cc1cc(I)c(O[C@H](C)C(=O)OC)c(OCC)c1. The summed E-state index contributed by atoms with van der Waals surface area (Å²) in [5.41, 5.74) is 1.10. The number of methoxy groups -OCH3 is 1. The highest BCUT2D eigenvalue weighted by Gasteiger charge is 2.20. The van der Waals surface area contributed by atoms with E-state index in [-0.39, 0.29) is 5.56 Å². The monoisotopic (exact) mass is 641 g/mol. The number of aryl methyl sites for hydroxylation is 1. The van der Waals surface area contributed by atoms with Gasteiger partial charge in [0.25, 0.3) is 5.56 Å². The van der Waals surface area contributed by atoms with Crippen LogP contribution in [-0.4, -0.2) is 41.7 Å². The van der Waals surface area contributed by atoms with Gasteiger partial charge in [0, 0.05) is 10.9 Å². The molecule has 0 unspecified atom stereocenters. The summed E-state index contributed by atoms with van der Waals surface area (Å²) in [6, 6.07) is 9.02. The first kappa shape index (κ1) is 26.1. The number of hydrogen-bond acceptors (Lipinski definition) is 7. The van der Waals surface area contributed by atoms with Crippen LogP contribution in [0.2, 0.25) is 0 Å². The highest BCUT2D eigenvalue weighted by atomic mass is 127. The first-order valence-corrected chi connectivity index (χ1v) is 12.6. The van der Waals surface area contributed by atoms with Crippen molar-refractivity contribution in [2.24, 2.45) is 5.10 Å². The molecule has 2 aromatic carbocycles. The van der Waals surface area contributed by atoms with Gasteiger partial charge in [0.2, 0.25) is 0 Å². The number of aromatic nitrogens is 2. The van der Waals surface area contributed by atoms with Crippen LogP contribution in [0.1, 0.15) is 38.6 Å². The number of fused-ring (bicyclic) bond motifs is 1. The van der Waals surface area contributed by atoms with E-state index in [2.05, 4.69) is 48.6 Å². The van der Waals surface area contributed by atoms with E-state index < -0.39 is 12.1 Å². The van der Waals surface area contributed by atoms with Gasteiger partial charge in [-0.05, 0) is 78.8 Å². The molecule has 3 rings (SSSR count). The summed E-state index contributed by atoms with van der Waals surface area (Å²) in [6.45, 7) is 5.90. The van der Waals surface area contributed by atoms with Crippen LogP contribution in [0.5, 0.6) is 11.5 Å². The fourth-order valence-corrected chi connectivity index (χ4v) is 4.37. The third-order valence-corrected chi connectivity index (χ3v) is 6.13. The molecule has 0 bridgehead atoms. The maximum absolute atomic E-state index is 13.2. The Hall–Kier alpha value is -2.47. The van der Waals surface area contributed by atoms with Crippen molar-refractivity contribution in [3.05, 3.63) is 60.1 Å². The van der Waals surface area contributed by atoms with Gasteiger partial charge in [-0.1, -0.05) is 22.9 Å². The van der Waals surface area contributed by atoms with Gasteiger partial charge in [-0.3, -0.25) is 4.79 Å². The predicted octanol–water partition coefficient (Wildman–Crippen LogP) is 4.94. The minimum Gasteiger partial charge on any atom is -0.490 e. The second-order valence-electron chi connectivity index (χ2n) is 7.35. The zero-order valence-corrected chi connectivity index (χ0v) is 23.0. The lowest BCUT2D eigenvalue weighted by atomic mass is 10.2. The third-order valence-electron chi connectivity index (χ3n) is 4.83. The average Bonchev–Trinajstić information content (AvgIpc) is 2.81. The Morgan fingerprint density at radius 2 is 2.06 bits per heavy atom. The minimum atomic E-state index is -0.796. The Labute approximate surface area is 219 Å². The van der Waals surface area contributed by atoms with Crippen LogP contribution in [0, 0.1) is 3.57 Å². The van der Waals surface area contributed by atoms with Gasteiger partial charge in [-0.15, -0.1) is 0 Å². The second kappa shape index (κ2) is 11.8. The number of carbonyl (C=O) groups excluding carboxylic acids is 1. The molecule has 180 valence electrons. The summed E-state index contributed by atoms with van der Waals surface area (Å²) in [5, 5.41) is 4.96. The van der Waals surface area contributed by atoms with Crippen LogP contribution in [0.25, 0.3) is 10.9 Å². The molecule has 0 saturated carbocycles. The normalized spacial score (nSPS) is 12.2. The number of rotatable bonds is 9. The Balaban J connectivity index is 2.05. The quantitative estimate of drug-likeness (QED) is 0.187. The second-order valence-corrected chi connectivity index (χ2v) is 9.43. The van der Waals surface area contributed by atoms with E-state index in [0.29, 0.717) is 46.8 Å². The van der Waals surface area contributed by atoms with Crippen molar-refractivity contribution < 1.29 is 19.0 Å². The van der Waals surface area contributed by atoms with Crippen molar-refractivity contribution in [1.82, 2.24) is 9.66 Å². The molecular formula is C24H25BrIN3O5. The van der Waals surface area contributed by atoms with E-state index in [1.54, 1.807) is 25.3 Å². The van der Waals surface area contributed by atoms with Crippen molar-refractivity contribution in [3.63, 3.8) is 0 Å². The zero-order valence-electron chi connectivity index (χ0n) is 19.3. The first-order chi connectivity index (χ1) is 16.3. The highest BCUT2D eigenvalue weighted by Crippen LogP contribution is 2.35. The summed E-state index contributed by atoms with van der Waals surface area (Å²) in [4.78, 5) is 29.7. The van der Waals surface area contributed by atoms with E-state index >= 15 is 0 Å². The third kappa shape index (κ3) is 5.96. The minimum absolute atomic E-state index is 0.238. The van der Waals surface area contributed by atoms with Crippen molar-refractivity contribution in [2.45, 2.75) is 39.7 Å². The molecule has 1 heterocycles. The summed E-state index contributed by atoms with van der Waals surface area (Å²) in [6.07, 6.45) is 2.22. The molecule has 0 N–H and O–H groups in total. The first-order valence-electron chi connectivity index (χ1n) is 10.7. The molecule has 0 radical (unpaired) electrons. The number of nitrogens with zero attached hydrogens (tertiary/aromatic N) is 3. The standard InChI is InChI=1S/C24H25BrIN3O5/c1-5-7-21-28-19-9-8-16(25)12-17(19)23(30)29(21)27-13-15-10-18(26)22(20(11-15)33-6-2)34-14(3)24(31)32-4/h8-14H,5-7H2,1-4H3/t14-/m1/s1. The number of hydrogen-bond donors (Lipinski definition) is 0. The summed E-state index contributed by atoms with van der Waals surface area (Å²) < 4.78 is 19.2. The number of esters is 1. The van der Waals surface area contributed by atoms with Crippen molar-refractivity contribution in [2.75, 3.05) is 13.7 Å². The van der Waals surface area contributed by atoms with Crippen LogP contribution < -0.4 is 15.0 Å². The van der Waals surface area contributed by atoms with Gasteiger partial charge in [-0.2, -0.15) is 9.78 Å². The molecule has 10 heteroatoms. The number of halogens is 2. The summed E-state index contributed by atoms with van der Waals surface area (Å²) >= 11 is 5.53. The lowest BCUT2D eigenvalue weighted by Gasteiger charge is -2.18. The molecule has 0 fully saturated rings. The molecule has 1 aromatic heterocycles. The molecule has 34 heavy (non-hydrogen) atoms.